The van der Waals surface area contributed by atoms with Crippen molar-refractivity contribution in [1.82, 2.24) is 19.4 Å². The van der Waals surface area contributed by atoms with Crippen molar-refractivity contribution in [3.8, 4) is 0 Å². The fraction of sp³-hybridized carbons (Fsp3) is 0.474. The molecule has 2 aromatic heterocycles. The predicted octanol–water partition coefficient (Wildman–Crippen LogP) is 0.781. The number of hydrogen-bond donors (Lipinski definition) is 1. The van der Waals surface area contributed by atoms with E-state index in [4.69, 9.17) is 0 Å². The summed E-state index contributed by atoms with van der Waals surface area (Å²) in [5.41, 5.74) is 1.91. The number of aromatic amines is 1. The topological polar surface area (TPSA) is 91.3 Å². The van der Waals surface area contributed by atoms with E-state index in [2.05, 4.69) is 9.97 Å². The van der Waals surface area contributed by atoms with Crippen LogP contribution in [0.25, 0.3) is 0 Å². The minimum atomic E-state index is -0.273. The lowest BCUT2D eigenvalue weighted by Gasteiger charge is -2.19. The molecule has 3 rings (SSSR count). The van der Waals surface area contributed by atoms with Crippen molar-refractivity contribution in [1.29, 1.82) is 0 Å². The quantitative estimate of drug-likeness (QED) is 0.861. The number of likely N-dealkylation sites (tertiary alicyclic amines) is 1. The maximum absolute atomic E-state index is 13.0. The van der Waals surface area contributed by atoms with Gasteiger partial charge in [-0.3, -0.25) is 19.4 Å². The zero-order valence-corrected chi connectivity index (χ0v) is 16.4. The summed E-state index contributed by atoms with van der Waals surface area (Å²) in [6.45, 7) is 4.61. The summed E-state index contributed by atoms with van der Waals surface area (Å²) in [5, 5.41) is 0. The molecule has 1 fully saturated rings. The second-order valence-corrected chi connectivity index (χ2v) is 7.33. The summed E-state index contributed by atoms with van der Waals surface area (Å²) in [4.78, 5) is 48.1. The van der Waals surface area contributed by atoms with E-state index in [0.717, 1.165) is 5.69 Å². The molecule has 8 heteroatoms. The Morgan fingerprint density at radius 2 is 1.96 bits per heavy atom. The Kier molecular flexibility index (Phi) is 4.91. The number of rotatable bonds is 3. The van der Waals surface area contributed by atoms with Gasteiger partial charge in [0, 0.05) is 51.9 Å². The second kappa shape index (κ2) is 7.02. The summed E-state index contributed by atoms with van der Waals surface area (Å²) in [7, 11) is 5.29. The summed E-state index contributed by atoms with van der Waals surface area (Å²) in [5.74, 6) is 0.211. The Labute approximate surface area is 157 Å². The third kappa shape index (κ3) is 3.51. The molecule has 1 amide bonds. The van der Waals surface area contributed by atoms with Crippen molar-refractivity contribution >= 4 is 11.9 Å². The highest BCUT2D eigenvalue weighted by Crippen LogP contribution is 2.27. The van der Waals surface area contributed by atoms with Crippen molar-refractivity contribution in [3.63, 3.8) is 0 Å². The van der Waals surface area contributed by atoms with Crippen LogP contribution < -0.4 is 16.0 Å². The average molecular weight is 371 g/mol. The molecule has 0 radical (unpaired) electrons. The molecule has 0 saturated carbocycles. The van der Waals surface area contributed by atoms with Gasteiger partial charge < -0.3 is 14.4 Å². The lowest BCUT2D eigenvalue weighted by atomic mass is 10.0. The molecule has 0 aromatic carbocycles. The second-order valence-electron chi connectivity index (χ2n) is 7.33. The van der Waals surface area contributed by atoms with Gasteiger partial charge in [-0.2, -0.15) is 0 Å². The third-order valence-electron chi connectivity index (χ3n) is 5.15. The first-order valence-electron chi connectivity index (χ1n) is 8.94. The van der Waals surface area contributed by atoms with E-state index in [-0.39, 0.29) is 28.5 Å². The minimum Gasteiger partial charge on any atom is -0.348 e. The third-order valence-corrected chi connectivity index (χ3v) is 5.15. The van der Waals surface area contributed by atoms with E-state index in [0.29, 0.717) is 36.7 Å². The first-order valence-corrected chi connectivity index (χ1v) is 8.94. The molecule has 0 bridgehead atoms. The van der Waals surface area contributed by atoms with Crippen LogP contribution in [0.4, 0.5) is 5.95 Å². The average Bonchev–Trinajstić information content (AvgIpc) is 3.09. The van der Waals surface area contributed by atoms with Crippen molar-refractivity contribution < 1.29 is 4.79 Å². The Morgan fingerprint density at radius 1 is 1.26 bits per heavy atom. The molecular weight excluding hydrogens is 346 g/mol. The number of aryl methyl sites for hydroxylation is 2. The van der Waals surface area contributed by atoms with Gasteiger partial charge in [-0.15, -0.1) is 0 Å². The van der Waals surface area contributed by atoms with Crippen molar-refractivity contribution in [2.75, 3.05) is 32.1 Å². The van der Waals surface area contributed by atoms with Gasteiger partial charge in [0.05, 0.1) is 5.69 Å². The monoisotopic (exact) mass is 371 g/mol. The SMILES string of the molecule is Cc1cc(C)n(C)c(=O)c1C(=O)N1CC[C@@H](c2cc(=O)[nH]c(N(C)C)n2)C1. The molecule has 0 spiro atoms. The molecule has 27 heavy (non-hydrogen) atoms. The van der Waals surface area contributed by atoms with Crippen molar-refractivity contribution in [3.05, 3.63) is 55.4 Å². The molecule has 3 heterocycles. The molecular formula is C19H25N5O3. The van der Waals surface area contributed by atoms with Crippen LogP contribution in [0.2, 0.25) is 0 Å². The number of H-pyrrole nitrogens is 1. The van der Waals surface area contributed by atoms with E-state index in [1.807, 2.05) is 27.1 Å². The van der Waals surface area contributed by atoms with E-state index in [1.54, 1.807) is 23.8 Å². The van der Waals surface area contributed by atoms with Gasteiger partial charge in [-0.05, 0) is 31.9 Å². The van der Waals surface area contributed by atoms with Gasteiger partial charge in [-0.25, -0.2) is 4.98 Å². The van der Waals surface area contributed by atoms with Crippen LogP contribution in [0.1, 0.15) is 39.6 Å². The number of hydrogen-bond acceptors (Lipinski definition) is 5. The predicted molar refractivity (Wildman–Crippen MR) is 104 cm³/mol. The maximum atomic E-state index is 13.0. The van der Waals surface area contributed by atoms with Crippen molar-refractivity contribution in [2.24, 2.45) is 7.05 Å². The van der Waals surface area contributed by atoms with E-state index in [9.17, 15) is 14.4 Å². The van der Waals surface area contributed by atoms with Crippen LogP contribution in [-0.4, -0.2) is 52.5 Å². The molecule has 0 aliphatic carbocycles. The lowest BCUT2D eigenvalue weighted by molar-refractivity contribution is 0.0787. The zero-order chi connectivity index (χ0) is 19.9. The highest BCUT2D eigenvalue weighted by Gasteiger charge is 2.31. The van der Waals surface area contributed by atoms with E-state index >= 15 is 0 Å². The van der Waals surface area contributed by atoms with Gasteiger partial charge in [0.2, 0.25) is 5.95 Å². The fourth-order valence-electron chi connectivity index (χ4n) is 3.47. The van der Waals surface area contributed by atoms with Crippen molar-refractivity contribution in [2.45, 2.75) is 26.2 Å². The van der Waals surface area contributed by atoms with E-state index in [1.165, 1.54) is 10.6 Å². The number of carbonyl (C=O) groups excluding carboxylic acids is 1. The standard InChI is InChI=1S/C19H25N5O3/c1-11-8-12(2)23(5)17(26)16(11)18(27)24-7-6-13(10-24)14-9-15(25)21-19(20-14)22(3)4/h8-9,13H,6-7,10H2,1-5H3,(H,20,21,25)/t13-/m1/s1. The van der Waals surface area contributed by atoms with E-state index < -0.39 is 0 Å². The number of nitrogens with one attached hydrogen (secondary N) is 1. The van der Waals surface area contributed by atoms with Crippen LogP contribution in [-0.2, 0) is 7.05 Å². The molecule has 1 aliphatic heterocycles. The van der Waals surface area contributed by atoms with Crippen LogP contribution >= 0.6 is 0 Å². The van der Waals surface area contributed by atoms with Gasteiger partial charge in [-0.1, -0.05) is 0 Å². The number of pyridine rings is 1. The Bertz CT molecular complexity index is 1010. The molecule has 1 N–H and O–H groups in total. The minimum absolute atomic E-state index is 0.0236. The number of amides is 1. The fourth-order valence-corrected chi connectivity index (χ4v) is 3.47. The van der Waals surface area contributed by atoms with Gasteiger partial charge in [0.25, 0.3) is 17.0 Å². The molecule has 0 unspecified atom stereocenters. The number of carbonyl (C=O) groups is 1. The summed E-state index contributed by atoms with van der Waals surface area (Å²) in [6.07, 6.45) is 0.709. The smallest absolute Gasteiger partial charge is 0.263 e. The zero-order valence-electron chi connectivity index (χ0n) is 16.4. The van der Waals surface area contributed by atoms with Crippen LogP contribution in [0.15, 0.2) is 21.7 Å². The molecule has 1 atom stereocenters. The van der Waals surface area contributed by atoms with Crippen LogP contribution in [0, 0.1) is 13.8 Å². The lowest BCUT2D eigenvalue weighted by Crippen LogP contribution is -2.36. The first-order chi connectivity index (χ1) is 12.7. The molecule has 2 aromatic rings. The number of nitrogens with zero attached hydrogens (tertiary/aromatic N) is 4. The highest BCUT2D eigenvalue weighted by atomic mass is 16.2. The molecule has 144 valence electrons. The summed E-state index contributed by atoms with van der Waals surface area (Å²) in [6, 6.07) is 3.34. The maximum Gasteiger partial charge on any atom is 0.263 e. The molecule has 8 nitrogen and oxygen atoms in total. The normalized spacial score (nSPS) is 16.6. The molecule has 1 aliphatic rings. The first kappa shape index (κ1) is 18.9. The number of aromatic nitrogens is 3. The summed E-state index contributed by atoms with van der Waals surface area (Å²) < 4.78 is 1.50. The number of anilines is 1. The Hall–Kier alpha value is -2.90. The highest BCUT2D eigenvalue weighted by molar-refractivity contribution is 5.95. The van der Waals surface area contributed by atoms with Crippen LogP contribution in [0.5, 0.6) is 0 Å². The van der Waals surface area contributed by atoms with Crippen LogP contribution in [0.3, 0.4) is 0 Å². The molecule has 1 saturated heterocycles. The van der Waals surface area contributed by atoms with Gasteiger partial charge in [0.1, 0.15) is 5.56 Å². The Morgan fingerprint density at radius 3 is 2.63 bits per heavy atom. The Balaban J connectivity index is 1.87. The largest absolute Gasteiger partial charge is 0.348 e. The van der Waals surface area contributed by atoms with Gasteiger partial charge >= 0.3 is 0 Å². The summed E-state index contributed by atoms with van der Waals surface area (Å²) >= 11 is 0. The van der Waals surface area contributed by atoms with Gasteiger partial charge in [0.15, 0.2) is 0 Å².